The summed E-state index contributed by atoms with van der Waals surface area (Å²) >= 11 is 8.20. The molecule has 0 bridgehead atoms. The number of benzene rings is 1. The van der Waals surface area contributed by atoms with Gasteiger partial charge in [0.25, 0.3) is 5.91 Å². The van der Waals surface area contributed by atoms with Gasteiger partial charge >= 0.3 is 0 Å². The Balaban J connectivity index is 2.17. The third kappa shape index (κ3) is 2.72. The zero-order chi connectivity index (χ0) is 11.5. The van der Waals surface area contributed by atoms with Gasteiger partial charge in [-0.25, -0.2) is 0 Å². The molecule has 0 spiro atoms. The van der Waals surface area contributed by atoms with Crippen LogP contribution < -0.4 is 5.32 Å². The Kier molecular flexibility index (Phi) is 3.78. The molecule has 2 nitrogen and oxygen atoms in total. The molecule has 1 N–H and O–H groups in total. The third-order valence-electron chi connectivity index (χ3n) is 1.95. The molecule has 1 amide bonds. The maximum Gasteiger partial charge on any atom is 0.256 e. The minimum atomic E-state index is -0.103. The first-order valence-corrected chi connectivity index (χ1v) is 6.93. The van der Waals surface area contributed by atoms with Crippen molar-refractivity contribution in [1.29, 1.82) is 0 Å². The van der Waals surface area contributed by atoms with Crippen molar-refractivity contribution in [2.24, 2.45) is 0 Å². The highest BCUT2D eigenvalue weighted by atomic mass is 79.9. The van der Waals surface area contributed by atoms with Gasteiger partial charge in [0.2, 0.25) is 0 Å². The number of carbonyl (C=O) groups excluding carboxylic acids is 1. The van der Waals surface area contributed by atoms with Gasteiger partial charge in [0, 0.05) is 9.85 Å². The molecule has 2 rings (SSSR count). The molecule has 0 aliphatic carbocycles. The molecule has 0 aliphatic rings. The van der Waals surface area contributed by atoms with Crippen LogP contribution in [0.25, 0.3) is 0 Å². The summed E-state index contributed by atoms with van der Waals surface area (Å²) in [6.07, 6.45) is 0. The zero-order valence-corrected chi connectivity index (χ0v) is 12.0. The van der Waals surface area contributed by atoms with Crippen molar-refractivity contribution in [3.8, 4) is 0 Å². The second-order valence-corrected chi connectivity index (χ2v) is 6.22. The van der Waals surface area contributed by atoms with E-state index in [4.69, 9.17) is 0 Å². The van der Waals surface area contributed by atoms with Gasteiger partial charge in [0.1, 0.15) is 0 Å². The van der Waals surface area contributed by atoms with Crippen LogP contribution in [-0.2, 0) is 0 Å². The Labute approximate surface area is 114 Å². The summed E-state index contributed by atoms with van der Waals surface area (Å²) in [5.41, 5.74) is 1.43. The minimum Gasteiger partial charge on any atom is -0.321 e. The predicted octanol–water partition coefficient (Wildman–Crippen LogP) is 4.53. The van der Waals surface area contributed by atoms with Gasteiger partial charge in [0.05, 0.1) is 15.0 Å². The van der Waals surface area contributed by atoms with Gasteiger partial charge in [0.15, 0.2) is 0 Å². The van der Waals surface area contributed by atoms with Crippen LogP contribution in [0.1, 0.15) is 10.4 Å². The normalized spacial score (nSPS) is 10.1. The fourth-order valence-corrected chi connectivity index (χ4v) is 2.71. The molecule has 0 saturated heterocycles. The van der Waals surface area contributed by atoms with E-state index >= 15 is 0 Å². The van der Waals surface area contributed by atoms with E-state index in [1.54, 1.807) is 6.07 Å². The quantitative estimate of drug-likeness (QED) is 0.837. The van der Waals surface area contributed by atoms with E-state index in [9.17, 15) is 4.79 Å². The number of thiophene rings is 1. The second kappa shape index (κ2) is 5.12. The molecule has 82 valence electrons. The second-order valence-electron chi connectivity index (χ2n) is 3.07. The molecule has 5 heteroatoms. The maximum absolute atomic E-state index is 11.8. The largest absolute Gasteiger partial charge is 0.321 e. The van der Waals surface area contributed by atoms with Gasteiger partial charge in [-0.3, -0.25) is 4.79 Å². The lowest BCUT2D eigenvalue weighted by molar-refractivity contribution is 0.102. The van der Waals surface area contributed by atoms with E-state index in [1.807, 2.05) is 29.6 Å². The molecule has 0 atom stereocenters. The molecule has 2 aromatic rings. The molecule has 0 saturated carbocycles. The molecular weight excluding hydrogens is 354 g/mol. The summed E-state index contributed by atoms with van der Waals surface area (Å²) in [7, 11) is 0. The number of halogens is 2. The Bertz CT molecular complexity index is 524. The SMILES string of the molecule is O=C(Nc1ccccc1Br)c1csc(Br)c1. The number of hydrogen-bond donors (Lipinski definition) is 1. The summed E-state index contributed by atoms with van der Waals surface area (Å²) in [4.78, 5) is 11.8. The first kappa shape index (κ1) is 11.8. The van der Waals surface area contributed by atoms with Crippen LogP contribution in [0.3, 0.4) is 0 Å². The highest BCUT2D eigenvalue weighted by Gasteiger charge is 2.09. The first-order valence-electron chi connectivity index (χ1n) is 4.47. The predicted molar refractivity (Wildman–Crippen MR) is 74.1 cm³/mol. The van der Waals surface area contributed by atoms with Crippen molar-refractivity contribution in [3.05, 3.63) is 49.5 Å². The standard InChI is InChI=1S/C11H7Br2NOS/c12-8-3-1-2-4-9(8)14-11(15)7-5-10(13)16-6-7/h1-6H,(H,14,15). The van der Waals surface area contributed by atoms with Gasteiger partial charge in [-0.15, -0.1) is 11.3 Å². The summed E-state index contributed by atoms with van der Waals surface area (Å²) < 4.78 is 1.82. The smallest absolute Gasteiger partial charge is 0.256 e. The van der Waals surface area contributed by atoms with Gasteiger partial charge in [-0.2, -0.15) is 0 Å². The molecule has 1 aromatic carbocycles. The van der Waals surface area contributed by atoms with E-state index < -0.39 is 0 Å². The lowest BCUT2D eigenvalue weighted by Crippen LogP contribution is -2.10. The van der Waals surface area contributed by atoms with Gasteiger partial charge in [-0.1, -0.05) is 12.1 Å². The van der Waals surface area contributed by atoms with Crippen LogP contribution in [0.4, 0.5) is 5.69 Å². The minimum absolute atomic E-state index is 0.103. The number of carbonyl (C=O) groups is 1. The first-order chi connectivity index (χ1) is 7.66. The molecule has 1 heterocycles. The molecule has 1 aromatic heterocycles. The van der Waals surface area contributed by atoms with Crippen LogP contribution in [0.15, 0.2) is 44.0 Å². The van der Waals surface area contributed by atoms with E-state index in [2.05, 4.69) is 37.2 Å². The summed E-state index contributed by atoms with van der Waals surface area (Å²) in [5.74, 6) is -0.103. The van der Waals surface area contributed by atoms with E-state index in [-0.39, 0.29) is 5.91 Å². The van der Waals surface area contributed by atoms with Crippen LogP contribution in [0.2, 0.25) is 0 Å². The Morgan fingerprint density at radius 1 is 1.25 bits per heavy atom. The molecule has 0 radical (unpaired) electrons. The van der Waals surface area contributed by atoms with Crippen molar-refractivity contribution >= 4 is 54.8 Å². The highest BCUT2D eigenvalue weighted by molar-refractivity contribution is 9.11. The summed E-state index contributed by atoms with van der Waals surface area (Å²) in [6, 6.07) is 9.32. The highest BCUT2D eigenvalue weighted by Crippen LogP contribution is 2.24. The van der Waals surface area contributed by atoms with Crippen molar-refractivity contribution in [1.82, 2.24) is 0 Å². The average molecular weight is 361 g/mol. The van der Waals surface area contributed by atoms with Gasteiger partial charge < -0.3 is 5.32 Å². The van der Waals surface area contributed by atoms with Crippen LogP contribution in [-0.4, -0.2) is 5.91 Å². The number of hydrogen-bond acceptors (Lipinski definition) is 2. The third-order valence-corrected chi connectivity index (χ3v) is 4.15. The van der Waals surface area contributed by atoms with Gasteiger partial charge in [-0.05, 0) is 50.1 Å². The molecular formula is C11H7Br2NOS. The fourth-order valence-electron chi connectivity index (χ4n) is 1.19. The number of anilines is 1. The Morgan fingerprint density at radius 2 is 2.00 bits per heavy atom. The average Bonchev–Trinajstić information content (AvgIpc) is 2.68. The van der Waals surface area contributed by atoms with E-state index in [1.165, 1.54) is 11.3 Å². The Morgan fingerprint density at radius 3 is 2.62 bits per heavy atom. The van der Waals surface area contributed by atoms with Crippen LogP contribution in [0, 0.1) is 0 Å². The zero-order valence-electron chi connectivity index (χ0n) is 8.04. The van der Waals surface area contributed by atoms with Crippen LogP contribution >= 0.6 is 43.2 Å². The summed E-state index contributed by atoms with van der Waals surface area (Å²) in [6.45, 7) is 0. The number of amides is 1. The molecule has 0 aliphatic heterocycles. The van der Waals surface area contributed by atoms with Crippen molar-refractivity contribution in [2.45, 2.75) is 0 Å². The molecule has 0 unspecified atom stereocenters. The van der Waals surface area contributed by atoms with Crippen molar-refractivity contribution in [3.63, 3.8) is 0 Å². The van der Waals surface area contributed by atoms with E-state index in [0.717, 1.165) is 13.9 Å². The number of rotatable bonds is 2. The van der Waals surface area contributed by atoms with Crippen molar-refractivity contribution < 1.29 is 4.79 Å². The Hall–Kier alpha value is -0.650. The monoisotopic (exact) mass is 359 g/mol. The number of para-hydroxylation sites is 1. The maximum atomic E-state index is 11.8. The lowest BCUT2D eigenvalue weighted by atomic mass is 10.3. The summed E-state index contributed by atoms with van der Waals surface area (Å²) in [5, 5.41) is 4.66. The van der Waals surface area contributed by atoms with Crippen molar-refractivity contribution in [2.75, 3.05) is 5.32 Å². The fraction of sp³-hybridized carbons (Fsp3) is 0. The van der Waals surface area contributed by atoms with Crippen LogP contribution in [0.5, 0.6) is 0 Å². The molecule has 0 fully saturated rings. The topological polar surface area (TPSA) is 29.1 Å². The van der Waals surface area contributed by atoms with E-state index in [0.29, 0.717) is 5.56 Å². The molecule has 16 heavy (non-hydrogen) atoms. The lowest BCUT2D eigenvalue weighted by Gasteiger charge is -2.05. The number of nitrogens with one attached hydrogen (secondary N) is 1.